The molecular weight excluding hydrogens is 130 g/mol. The van der Waals surface area contributed by atoms with Gasteiger partial charge in [0, 0.05) is 12.1 Å². The average molecular weight is 141 g/mol. The van der Waals surface area contributed by atoms with Crippen molar-refractivity contribution < 1.29 is 4.84 Å². The van der Waals surface area contributed by atoms with Crippen molar-refractivity contribution in [3.05, 3.63) is 17.5 Å². The Labute approximate surface area is 59.3 Å². The lowest BCUT2D eigenvalue weighted by Crippen LogP contribution is -2.03. The first-order valence-corrected chi connectivity index (χ1v) is 3.15. The van der Waals surface area contributed by atoms with Crippen LogP contribution in [-0.2, 0) is 11.3 Å². The molecule has 3 N–H and O–H groups in total. The number of hydrogen-bond donors (Lipinski definition) is 2. The monoisotopic (exact) mass is 141 g/mol. The Balaban J connectivity index is 2.42. The van der Waals surface area contributed by atoms with Crippen molar-refractivity contribution in [3.63, 3.8) is 0 Å². The van der Waals surface area contributed by atoms with Crippen LogP contribution < -0.4 is 5.90 Å². The number of nitrogens with one attached hydrogen (secondary N) is 1. The summed E-state index contributed by atoms with van der Waals surface area (Å²) in [5.74, 6) is 4.85. The van der Waals surface area contributed by atoms with Crippen LogP contribution in [0.25, 0.3) is 0 Å². The molecule has 0 aliphatic rings. The summed E-state index contributed by atoms with van der Waals surface area (Å²) in [5, 5.41) is 6.82. The molecule has 0 aromatic carbocycles. The number of aryl methyl sites for hydroxylation is 1. The van der Waals surface area contributed by atoms with Gasteiger partial charge in [-0.2, -0.15) is 5.10 Å². The summed E-state index contributed by atoms with van der Waals surface area (Å²) < 4.78 is 0. The molecule has 0 saturated heterocycles. The number of aromatic amines is 1. The maximum atomic E-state index is 4.85. The van der Waals surface area contributed by atoms with Crippen molar-refractivity contribution in [1.82, 2.24) is 10.2 Å². The number of aromatic nitrogens is 2. The topological polar surface area (TPSA) is 63.9 Å². The van der Waals surface area contributed by atoms with Crippen molar-refractivity contribution in [1.29, 1.82) is 0 Å². The summed E-state index contributed by atoms with van der Waals surface area (Å²) in [6.07, 6.45) is 0.765. The van der Waals surface area contributed by atoms with E-state index in [0.29, 0.717) is 6.61 Å². The summed E-state index contributed by atoms with van der Waals surface area (Å²) >= 11 is 0. The summed E-state index contributed by atoms with van der Waals surface area (Å²) in [7, 11) is 0. The van der Waals surface area contributed by atoms with E-state index in [4.69, 9.17) is 5.90 Å². The molecule has 0 saturated carbocycles. The van der Waals surface area contributed by atoms with Crippen LogP contribution in [0.15, 0.2) is 6.07 Å². The first-order valence-electron chi connectivity index (χ1n) is 3.15. The smallest absolute Gasteiger partial charge is 0.0735 e. The SMILES string of the molecule is Cc1cc(CCON)n[nH]1. The van der Waals surface area contributed by atoms with Crippen LogP contribution in [0.5, 0.6) is 0 Å². The van der Waals surface area contributed by atoms with E-state index in [2.05, 4.69) is 15.0 Å². The Morgan fingerprint density at radius 2 is 2.60 bits per heavy atom. The Morgan fingerprint density at radius 3 is 3.10 bits per heavy atom. The van der Waals surface area contributed by atoms with E-state index in [9.17, 15) is 0 Å². The molecule has 4 heteroatoms. The average Bonchev–Trinajstić information content (AvgIpc) is 2.31. The molecule has 56 valence electrons. The Hall–Kier alpha value is -0.870. The minimum Gasteiger partial charge on any atom is -0.304 e. The zero-order chi connectivity index (χ0) is 7.40. The molecule has 1 aromatic rings. The molecule has 1 aromatic heterocycles. The van der Waals surface area contributed by atoms with Crippen molar-refractivity contribution in [3.8, 4) is 0 Å². The van der Waals surface area contributed by atoms with Crippen LogP contribution in [0.4, 0.5) is 0 Å². The summed E-state index contributed by atoms with van der Waals surface area (Å²) in [4.78, 5) is 4.40. The van der Waals surface area contributed by atoms with E-state index in [1.807, 2.05) is 13.0 Å². The lowest BCUT2D eigenvalue weighted by atomic mass is 10.3. The normalized spacial score (nSPS) is 10.2. The summed E-state index contributed by atoms with van der Waals surface area (Å²) in [6.45, 7) is 2.48. The third-order valence-electron chi connectivity index (χ3n) is 1.24. The minimum atomic E-state index is 0.518. The number of hydrogen-bond acceptors (Lipinski definition) is 3. The highest BCUT2D eigenvalue weighted by atomic mass is 16.6. The fraction of sp³-hybridized carbons (Fsp3) is 0.500. The quantitative estimate of drug-likeness (QED) is 0.589. The van der Waals surface area contributed by atoms with E-state index in [-0.39, 0.29) is 0 Å². The fourth-order valence-corrected chi connectivity index (χ4v) is 0.766. The number of nitrogens with two attached hydrogens (primary N) is 1. The van der Waals surface area contributed by atoms with Gasteiger partial charge in [0.1, 0.15) is 0 Å². The van der Waals surface area contributed by atoms with Gasteiger partial charge in [-0.1, -0.05) is 0 Å². The number of nitrogens with zero attached hydrogens (tertiary/aromatic N) is 1. The van der Waals surface area contributed by atoms with Crippen molar-refractivity contribution in [2.45, 2.75) is 13.3 Å². The number of H-pyrrole nitrogens is 1. The second kappa shape index (κ2) is 3.34. The zero-order valence-corrected chi connectivity index (χ0v) is 5.92. The summed E-state index contributed by atoms with van der Waals surface area (Å²) in [6, 6.07) is 1.97. The van der Waals surface area contributed by atoms with Crippen molar-refractivity contribution >= 4 is 0 Å². The molecule has 0 aliphatic heterocycles. The second-order valence-electron chi connectivity index (χ2n) is 2.16. The van der Waals surface area contributed by atoms with Gasteiger partial charge < -0.3 is 4.84 Å². The van der Waals surface area contributed by atoms with Gasteiger partial charge in [0.05, 0.1) is 12.3 Å². The molecule has 0 aliphatic carbocycles. The molecule has 0 spiro atoms. The van der Waals surface area contributed by atoms with Gasteiger partial charge in [0.15, 0.2) is 0 Å². The van der Waals surface area contributed by atoms with Gasteiger partial charge in [-0.05, 0) is 13.0 Å². The Bertz CT molecular complexity index is 197. The lowest BCUT2D eigenvalue weighted by Gasteiger charge is -1.91. The van der Waals surface area contributed by atoms with Crippen molar-refractivity contribution in [2.24, 2.45) is 5.90 Å². The number of rotatable bonds is 3. The van der Waals surface area contributed by atoms with Gasteiger partial charge in [-0.15, -0.1) is 0 Å². The Kier molecular flexibility index (Phi) is 2.42. The van der Waals surface area contributed by atoms with E-state index in [1.54, 1.807) is 0 Å². The lowest BCUT2D eigenvalue weighted by molar-refractivity contribution is 0.140. The molecule has 0 bridgehead atoms. The molecular formula is C6H11N3O. The highest BCUT2D eigenvalue weighted by molar-refractivity contribution is 5.06. The van der Waals surface area contributed by atoms with Crippen LogP contribution in [-0.4, -0.2) is 16.8 Å². The maximum absolute atomic E-state index is 4.85. The maximum Gasteiger partial charge on any atom is 0.0735 e. The highest BCUT2D eigenvalue weighted by Crippen LogP contribution is 1.97. The van der Waals surface area contributed by atoms with Gasteiger partial charge in [-0.3, -0.25) is 5.10 Å². The minimum absolute atomic E-state index is 0.518. The first-order chi connectivity index (χ1) is 4.83. The van der Waals surface area contributed by atoms with Crippen LogP contribution in [0, 0.1) is 6.92 Å². The van der Waals surface area contributed by atoms with Crippen LogP contribution in [0.3, 0.4) is 0 Å². The molecule has 0 amide bonds. The molecule has 0 fully saturated rings. The van der Waals surface area contributed by atoms with Crippen LogP contribution in [0.1, 0.15) is 11.4 Å². The van der Waals surface area contributed by atoms with Gasteiger partial charge >= 0.3 is 0 Å². The molecule has 10 heavy (non-hydrogen) atoms. The van der Waals surface area contributed by atoms with Gasteiger partial charge in [0.25, 0.3) is 0 Å². The van der Waals surface area contributed by atoms with Crippen LogP contribution >= 0.6 is 0 Å². The third kappa shape index (κ3) is 1.82. The molecule has 1 rings (SSSR count). The summed E-state index contributed by atoms with van der Waals surface area (Å²) in [5.41, 5.74) is 2.05. The molecule has 0 unspecified atom stereocenters. The van der Waals surface area contributed by atoms with E-state index in [1.165, 1.54) is 0 Å². The standard InChI is InChI=1S/C6H11N3O/c1-5-4-6(9-8-5)2-3-10-7/h4H,2-3,7H2,1H3,(H,8,9). The van der Waals surface area contributed by atoms with Crippen molar-refractivity contribution in [2.75, 3.05) is 6.61 Å². The van der Waals surface area contributed by atoms with Gasteiger partial charge in [0.2, 0.25) is 0 Å². The fourth-order valence-electron chi connectivity index (χ4n) is 0.766. The zero-order valence-electron chi connectivity index (χ0n) is 5.92. The van der Waals surface area contributed by atoms with Gasteiger partial charge in [-0.25, -0.2) is 5.90 Å². The first kappa shape index (κ1) is 7.24. The predicted octanol–water partition coefficient (Wildman–Crippen LogP) is 0.151. The predicted molar refractivity (Wildman–Crippen MR) is 37.2 cm³/mol. The third-order valence-corrected chi connectivity index (χ3v) is 1.24. The van der Waals surface area contributed by atoms with E-state index >= 15 is 0 Å². The van der Waals surface area contributed by atoms with E-state index in [0.717, 1.165) is 17.8 Å². The molecule has 0 atom stereocenters. The largest absolute Gasteiger partial charge is 0.304 e. The molecule has 1 heterocycles. The van der Waals surface area contributed by atoms with E-state index < -0.39 is 0 Å². The molecule has 4 nitrogen and oxygen atoms in total. The second-order valence-corrected chi connectivity index (χ2v) is 2.16. The Morgan fingerprint density at radius 1 is 1.80 bits per heavy atom. The molecule has 0 radical (unpaired) electrons. The van der Waals surface area contributed by atoms with Crippen LogP contribution in [0.2, 0.25) is 0 Å². The highest BCUT2D eigenvalue weighted by Gasteiger charge is 1.95.